The molecule has 0 radical (unpaired) electrons. The molecule has 0 saturated heterocycles. The van der Waals surface area contributed by atoms with Gasteiger partial charge >= 0.3 is 5.97 Å². The first kappa shape index (κ1) is 20.4. The van der Waals surface area contributed by atoms with Crippen molar-refractivity contribution in [1.29, 1.82) is 0 Å². The minimum Gasteiger partial charge on any atom is -0.482 e. The quantitative estimate of drug-likeness (QED) is 0.653. The van der Waals surface area contributed by atoms with Crippen molar-refractivity contribution in [2.45, 2.75) is 45.4 Å². The summed E-state index contributed by atoms with van der Waals surface area (Å²) in [5, 5.41) is 16.7. The van der Waals surface area contributed by atoms with Crippen LogP contribution in [0, 0.1) is 6.92 Å². The number of thiazole rings is 1. The largest absolute Gasteiger partial charge is 0.482 e. The number of aliphatic hydroxyl groups is 1. The summed E-state index contributed by atoms with van der Waals surface area (Å²) >= 11 is 1.54. The smallest absolute Gasteiger partial charge is 0.343 e. The van der Waals surface area contributed by atoms with E-state index >= 15 is 0 Å². The third-order valence-corrected chi connectivity index (χ3v) is 4.80. The van der Waals surface area contributed by atoms with Crippen molar-refractivity contribution in [1.82, 2.24) is 10.3 Å². The Morgan fingerprint density at radius 1 is 1.31 bits per heavy atom. The zero-order chi connectivity index (χ0) is 19.1. The van der Waals surface area contributed by atoms with Gasteiger partial charge in [-0.05, 0) is 44.9 Å². The van der Waals surface area contributed by atoms with E-state index in [4.69, 9.17) is 4.74 Å². The molecule has 2 rings (SSSR count). The van der Waals surface area contributed by atoms with E-state index in [-0.39, 0.29) is 18.7 Å². The molecule has 142 valence electrons. The van der Waals surface area contributed by atoms with Crippen LogP contribution < -0.4 is 10.1 Å². The van der Waals surface area contributed by atoms with Gasteiger partial charge in [0.25, 0.3) is 0 Å². The van der Waals surface area contributed by atoms with E-state index < -0.39 is 12.1 Å². The maximum Gasteiger partial charge on any atom is 0.343 e. The summed E-state index contributed by atoms with van der Waals surface area (Å²) < 4.78 is 9.88. The van der Waals surface area contributed by atoms with Gasteiger partial charge in [0.1, 0.15) is 11.9 Å². The number of nitrogens with one attached hydrogen (secondary N) is 1. The van der Waals surface area contributed by atoms with E-state index in [1.165, 1.54) is 7.11 Å². The van der Waals surface area contributed by atoms with Crippen LogP contribution in [-0.4, -0.2) is 41.9 Å². The fraction of sp³-hybridized carbons (Fsp3) is 0.474. The molecule has 6 nitrogen and oxygen atoms in total. The van der Waals surface area contributed by atoms with Crippen LogP contribution in [0.2, 0.25) is 0 Å². The molecule has 1 heterocycles. The lowest BCUT2D eigenvalue weighted by molar-refractivity contribution is -0.142. The minimum absolute atomic E-state index is 0.0979. The van der Waals surface area contributed by atoms with Crippen molar-refractivity contribution in [3.05, 3.63) is 45.9 Å². The Morgan fingerprint density at radius 3 is 2.58 bits per heavy atom. The van der Waals surface area contributed by atoms with Crippen LogP contribution >= 0.6 is 11.3 Å². The van der Waals surface area contributed by atoms with E-state index in [9.17, 15) is 9.90 Å². The molecule has 0 amide bonds. The maximum absolute atomic E-state index is 11.1. The Kier molecular flexibility index (Phi) is 7.56. The van der Waals surface area contributed by atoms with Gasteiger partial charge in [-0.2, -0.15) is 0 Å². The monoisotopic (exact) mass is 378 g/mol. The van der Waals surface area contributed by atoms with Crippen LogP contribution in [0.5, 0.6) is 5.75 Å². The molecule has 0 aliphatic heterocycles. The summed E-state index contributed by atoms with van der Waals surface area (Å²) in [6, 6.07) is 7.68. The normalized spacial score (nSPS) is 14.5. The van der Waals surface area contributed by atoms with E-state index in [0.29, 0.717) is 11.4 Å². The lowest BCUT2D eigenvalue weighted by atomic mass is 10.0. The number of hydrogen-bond donors (Lipinski definition) is 2. The van der Waals surface area contributed by atoms with Gasteiger partial charge in [0, 0.05) is 17.5 Å². The van der Waals surface area contributed by atoms with E-state index in [0.717, 1.165) is 17.0 Å². The van der Waals surface area contributed by atoms with Gasteiger partial charge in [0.15, 0.2) is 6.61 Å². The Bertz CT molecular complexity index is 702. The van der Waals surface area contributed by atoms with Gasteiger partial charge in [-0.3, -0.25) is 0 Å². The predicted molar refractivity (Wildman–Crippen MR) is 102 cm³/mol. The van der Waals surface area contributed by atoms with Crippen LogP contribution in [0.4, 0.5) is 0 Å². The van der Waals surface area contributed by atoms with Gasteiger partial charge in [0.05, 0.1) is 17.8 Å². The average molecular weight is 378 g/mol. The van der Waals surface area contributed by atoms with Crippen molar-refractivity contribution in [2.24, 2.45) is 0 Å². The number of rotatable bonds is 9. The lowest BCUT2D eigenvalue weighted by Crippen LogP contribution is -2.39. The highest BCUT2D eigenvalue weighted by Gasteiger charge is 2.20. The molecule has 3 atom stereocenters. The molecule has 1 aromatic carbocycles. The minimum atomic E-state index is -0.628. The Balaban J connectivity index is 1.83. The first-order valence-corrected chi connectivity index (χ1v) is 9.41. The maximum atomic E-state index is 11.1. The molecule has 2 aromatic rings. The standard InChI is InChI=1S/C19H26N2O4S/c1-12(20-13(2)19(23)17-11-26-14(3)21-17)9-15-5-7-16(8-6-15)25-10-18(22)24-4/h5-8,11-13,19-20,23H,9-10H2,1-4H3. The van der Waals surface area contributed by atoms with Crippen LogP contribution in [-0.2, 0) is 16.0 Å². The number of aliphatic hydroxyl groups excluding tert-OH is 1. The van der Waals surface area contributed by atoms with Gasteiger partial charge < -0.3 is 19.9 Å². The number of hydrogen-bond acceptors (Lipinski definition) is 7. The molecular formula is C19H26N2O4S. The number of benzene rings is 1. The zero-order valence-corrected chi connectivity index (χ0v) is 16.4. The highest BCUT2D eigenvalue weighted by molar-refractivity contribution is 7.09. The fourth-order valence-electron chi connectivity index (χ4n) is 2.65. The summed E-state index contributed by atoms with van der Waals surface area (Å²) in [7, 11) is 1.33. The Labute approximate surface area is 158 Å². The summed E-state index contributed by atoms with van der Waals surface area (Å²) in [5.41, 5.74) is 1.86. The van der Waals surface area contributed by atoms with Crippen molar-refractivity contribution < 1.29 is 19.4 Å². The second-order valence-corrected chi connectivity index (χ2v) is 7.37. The SMILES string of the molecule is COC(=O)COc1ccc(CC(C)NC(C)C(O)c2csc(C)n2)cc1. The van der Waals surface area contributed by atoms with Crippen LogP contribution in [0.15, 0.2) is 29.6 Å². The van der Waals surface area contributed by atoms with E-state index in [2.05, 4.69) is 22.0 Å². The molecule has 7 heteroatoms. The summed E-state index contributed by atoms with van der Waals surface area (Å²) in [6.45, 7) is 5.87. The molecule has 0 bridgehead atoms. The number of aromatic nitrogens is 1. The molecule has 0 aliphatic carbocycles. The molecular weight excluding hydrogens is 352 g/mol. The third kappa shape index (κ3) is 6.09. The number of esters is 1. The van der Waals surface area contributed by atoms with Crippen molar-refractivity contribution in [2.75, 3.05) is 13.7 Å². The van der Waals surface area contributed by atoms with Crippen molar-refractivity contribution >= 4 is 17.3 Å². The Morgan fingerprint density at radius 2 is 2.00 bits per heavy atom. The molecule has 26 heavy (non-hydrogen) atoms. The van der Waals surface area contributed by atoms with Gasteiger partial charge in [-0.15, -0.1) is 11.3 Å². The first-order chi connectivity index (χ1) is 12.4. The number of methoxy groups -OCH3 is 1. The second kappa shape index (κ2) is 9.66. The number of nitrogens with zero attached hydrogens (tertiary/aromatic N) is 1. The van der Waals surface area contributed by atoms with Gasteiger partial charge in [-0.1, -0.05) is 12.1 Å². The fourth-order valence-corrected chi connectivity index (χ4v) is 3.29. The number of ether oxygens (including phenoxy) is 2. The van der Waals surface area contributed by atoms with Gasteiger partial charge in [-0.25, -0.2) is 9.78 Å². The highest BCUT2D eigenvalue weighted by atomic mass is 32.1. The summed E-state index contributed by atoms with van der Waals surface area (Å²) in [4.78, 5) is 15.4. The molecule has 0 spiro atoms. The lowest BCUT2D eigenvalue weighted by Gasteiger charge is -2.23. The molecule has 2 N–H and O–H groups in total. The van der Waals surface area contributed by atoms with E-state index in [1.54, 1.807) is 11.3 Å². The highest BCUT2D eigenvalue weighted by Crippen LogP contribution is 2.20. The number of carbonyl (C=O) groups is 1. The van der Waals surface area contributed by atoms with Crippen LogP contribution in [0.1, 0.15) is 36.2 Å². The van der Waals surface area contributed by atoms with Crippen molar-refractivity contribution in [3.8, 4) is 5.75 Å². The molecule has 0 fully saturated rings. The van der Waals surface area contributed by atoms with Crippen molar-refractivity contribution in [3.63, 3.8) is 0 Å². The van der Waals surface area contributed by atoms with Gasteiger partial charge in [0.2, 0.25) is 0 Å². The predicted octanol–water partition coefficient (Wildman–Crippen LogP) is 2.65. The molecule has 3 unspecified atom stereocenters. The summed E-state index contributed by atoms with van der Waals surface area (Å²) in [5.74, 6) is 0.220. The Hall–Kier alpha value is -1.96. The third-order valence-electron chi connectivity index (χ3n) is 4.01. The number of aryl methyl sites for hydroxylation is 1. The summed E-state index contributed by atoms with van der Waals surface area (Å²) in [6.07, 6.45) is 0.182. The second-order valence-electron chi connectivity index (χ2n) is 6.31. The molecule has 0 aliphatic rings. The zero-order valence-electron chi connectivity index (χ0n) is 15.6. The average Bonchev–Trinajstić information content (AvgIpc) is 3.06. The van der Waals surface area contributed by atoms with Crippen LogP contribution in [0.25, 0.3) is 0 Å². The number of carbonyl (C=O) groups excluding carboxylic acids is 1. The van der Waals surface area contributed by atoms with Crippen LogP contribution in [0.3, 0.4) is 0 Å². The van der Waals surface area contributed by atoms with E-state index in [1.807, 2.05) is 43.5 Å². The topological polar surface area (TPSA) is 80.7 Å². The molecule has 0 saturated carbocycles. The first-order valence-electron chi connectivity index (χ1n) is 8.53. The molecule has 1 aromatic heterocycles.